The first-order valence-corrected chi connectivity index (χ1v) is 5.84. The van der Waals surface area contributed by atoms with Gasteiger partial charge in [0.05, 0.1) is 17.3 Å². The Bertz CT molecular complexity index is 652. The summed E-state index contributed by atoms with van der Waals surface area (Å²) < 4.78 is 18.5. The van der Waals surface area contributed by atoms with E-state index in [1.807, 2.05) is 6.07 Å². The van der Waals surface area contributed by atoms with Crippen molar-refractivity contribution in [1.29, 1.82) is 5.26 Å². The molecule has 0 aliphatic carbocycles. The topological polar surface area (TPSA) is 59.0 Å². The Balaban J connectivity index is 2.15. The van der Waals surface area contributed by atoms with Gasteiger partial charge in [0, 0.05) is 16.7 Å². The minimum Gasteiger partial charge on any atom is -0.487 e. The van der Waals surface area contributed by atoms with Crippen LogP contribution in [0.15, 0.2) is 36.4 Å². The fourth-order valence-electron chi connectivity index (χ4n) is 1.52. The van der Waals surface area contributed by atoms with Gasteiger partial charge in [0.25, 0.3) is 0 Å². The molecule has 96 valence electrons. The van der Waals surface area contributed by atoms with E-state index in [0.717, 1.165) is 0 Å². The van der Waals surface area contributed by atoms with Gasteiger partial charge in [0.1, 0.15) is 18.2 Å². The minimum atomic E-state index is -0.421. The summed E-state index contributed by atoms with van der Waals surface area (Å²) in [6.07, 6.45) is 0. The van der Waals surface area contributed by atoms with Crippen molar-refractivity contribution in [3.05, 3.63) is 58.4 Å². The SMILES string of the molecule is N#Cc1ccc(COc2cc(F)ccc2N)c(Cl)c1. The Morgan fingerprint density at radius 1 is 1.26 bits per heavy atom. The molecule has 0 heterocycles. The van der Waals surface area contributed by atoms with Crippen LogP contribution in [0.25, 0.3) is 0 Å². The summed E-state index contributed by atoms with van der Waals surface area (Å²) in [5.41, 5.74) is 7.19. The predicted octanol–water partition coefficient (Wildman–Crippen LogP) is 3.51. The van der Waals surface area contributed by atoms with Crippen LogP contribution in [-0.2, 0) is 6.61 Å². The zero-order chi connectivity index (χ0) is 13.8. The number of hydrogen-bond donors (Lipinski definition) is 1. The van der Waals surface area contributed by atoms with Crippen LogP contribution in [0.5, 0.6) is 5.75 Å². The molecule has 0 saturated heterocycles. The predicted molar refractivity (Wildman–Crippen MR) is 71.3 cm³/mol. The summed E-state index contributed by atoms with van der Waals surface area (Å²) >= 11 is 6.01. The molecule has 0 bridgehead atoms. The summed E-state index contributed by atoms with van der Waals surface area (Å²) in [6, 6.07) is 10.8. The van der Waals surface area contributed by atoms with E-state index >= 15 is 0 Å². The number of benzene rings is 2. The van der Waals surface area contributed by atoms with E-state index in [1.54, 1.807) is 18.2 Å². The lowest BCUT2D eigenvalue weighted by molar-refractivity contribution is 0.306. The third kappa shape index (κ3) is 3.15. The average Bonchev–Trinajstić information content (AvgIpc) is 2.40. The van der Waals surface area contributed by atoms with Crippen molar-refractivity contribution in [3.63, 3.8) is 0 Å². The number of rotatable bonds is 3. The molecule has 0 fully saturated rings. The maximum Gasteiger partial charge on any atom is 0.145 e. The number of nitrogen functional groups attached to an aromatic ring is 1. The van der Waals surface area contributed by atoms with E-state index in [-0.39, 0.29) is 12.4 Å². The molecule has 5 heteroatoms. The van der Waals surface area contributed by atoms with Crippen molar-refractivity contribution in [3.8, 4) is 11.8 Å². The van der Waals surface area contributed by atoms with Crippen molar-refractivity contribution >= 4 is 17.3 Å². The molecule has 0 spiro atoms. The number of ether oxygens (including phenoxy) is 1. The summed E-state index contributed by atoms with van der Waals surface area (Å²) in [5.74, 6) is -0.157. The molecular formula is C14H10ClFN2O. The smallest absolute Gasteiger partial charge is 0.145 e. The van der Waals surface area contributed by atoms with Crippen LogP contribution < -0.4 is 10.5 Å². The summed E-state index contributed by atoms with van der Waals surface area (Å²) in [6.45, 7) is 0.151. The maximum atomic E-state index is 13.1. The van der Waals surface area contributed by atoms with E-state index in [1.165, 1.54) is 18.2 Å². The molecule has 0 saturated carbocycles. The van der Waals surface area contributed by atoms with Gasteiger partial charge in [-0.2, -0.15) is 5.26 Å². The zero-order valence-corrected chi connectivity index (χ0v) is 10.6. The molecule has 0 unspecified atom stereocenters. The molecule has 2 aromatic rings. The lowest BCUT2D eigenvalue weighted by atomic mass is 10.1. The van der Waals surface area contributed by atoms with Gasteiger partial charge in [-0.05, 0) is 24.3 Å². The van der Waals surface area contributed by atoms with Crippen molar-refractivity contribution in [1.82, 2.24) is 0 Å². The van der Waals surface area contributed by atoms with E-state index < -0.39 is 5.82 Å². The second-order valence-electron chi connectivity index (χ2n) is 3.89. The second-order valence-corrected chi connectivity index (χ2v) is 4.30. The highest BCUT2D eigenvalue weighted by Gasteiger charge is 2.06. The summed E-state index contributed by atoms with van der Waals surface area (Å²) in [4.78, 5) is 0. The third-order valence-corrected chi connectivity index (χ3v) is 2.89. The molecule has 2 aromatic carbocycles. The van der Waals surface area contributed by atoms with Gasteiger partial charge in [-0.3, -0.25) is 0 Å². The Morgan fingerprint density at radius 2 is 2.05 bits per heavy atom. The van der Waals surface area contributed by atoms with Crippen LogP contribution in [0.2, 0.25) is 5.02 Å². The van der Waals surface area contributed by atoms with Crippen LogP contribution >= 0.6 is 11.6 Å². The van der Waals surface area contributed by atoms with Crippen LogP contribution in [0, 0.1) is 17.1 Å². The van der Waals surface area contributed by atoms with Gasteiger partial charge < -0.3 is 10.5 Å². The van der Waals surface area contributed by atoms with Crippen molar-refractivity contribution in [2.75, 3.05) is 5.73 Å². The first-order chi connectivity index (χ1) is 9.10. The van der Waals surface area contributed by atoms with Gasteiger partial charge in [0.2, 0.25) is 0 Å². The highest BCUT2D eigenvalue weighted by atomic mass is 35.5. The number of nitriles is 1. The molecule has 19 heavy (non-hydrogen) atoms. The Morgan fingerprint density at radius 3 is 2.74 bits per heavy atom. The third-order valence-electron chi connectivity index (χ3n) is 2.54. The number of anilines is 1. The average molecular weight is 277 g/mol. The molecule has 0 atom stereocenters. The number of nitrogens with zero attached hydrogens (tertiary/aromatic N) is 1. The van der Waals surface area contributed by atoms with Gasteiger partial charge in [-0.15, -0.1) is 0 Å². The highest BCUT2D eigenvalue weighted by Crippen LogP contribution is 2.25. The highest BCUT2D eigenvalue weighted by molar-refractivity contribution is 6.31. The largest absolute Gasteiger partial charge is 0.487 e. The quantitative estimate of drug-likeness (QED) is 0.873. The van der Waals surface area contributed by atoms with Crippen LogP contribution in [0.4, 0.5) is 10.1 Å². The lowest BCUT2D eigenvalue weighted by Crippen LogP contribution is -2.00. The van der Waals surface area contributed by atoms with Crippen LogP contribution in [0.3, 0.4) is 0 Å². The van der Waals surface area contributed by atoms with Crippen molar-refractivity contribution in [2.45, 2.75) is 6.61 Å². The normalized spacial score (nSPS) is 9.95. The van der Waals surface area contributed by atoms with E-state index in [9.17, 15) is 4.39 Å². The van der Waals surface area contributed by atoms with E-state index in [4.69, 9.17) is 27.3 Å². The monoisotopic (exact) mass is 276 g/mol. The molecule has 0 aliphatic rings. The van der Waals surface area contributed by atoms with Crippen molar-refractivity contribution < 1.29 is 9.13 Å². The second kappa shape index (κ2) is 5.59. The van der Waals surface area contributed by atoms with Gasteiger partial charge in [-0.25, -0.2) is 4.39 Å². The molecule has 0 radical (unpaired) electrons. The summed E-state index contributed by atoms with van der Waals surface area (Å²) in [7, 11) is 0. The summed E-state index contributed by atoms with van der Waals surface area (Å²) in [5, 5.41) is 9.15. The fraction of sp³-hybridized carbons (Fsp3) is 0.0714. The Kier molecular flexibility index (Phi) is 3.88. The van der Waals surface area contributed by atoms with E-state index in [0.29, 0.717) is 21.8 Å². The first-order valence-electron chi connectivity index (χ1n) is 5.46. The Hall–Kier alpha value is -2.25. The Labute approximate surface area is 115 Å². The number of halogens is 2. The molecule has 0 aromatic heterocycles. The zero-order valence-electron chi connectivity index (χ0n) is 9.86. The molecule has 2 rings (SSSR count). The molecular weight excluding hydrogens is 267 g/mol. The van der Waals surface area contributed by atoms with Crippen molar-refractivity contribution in [2.24, 2.45) is 0 Å². The lowest BCUT2D eigenvalue weighted by Gasteiger charge is -2.10. The first kappa shape index (κ1) is 13.2. The molecule has 0 amide bonds. The number of nitrogens with two attached hydrogens (primary N) is 1. The van der Waals surface area contributed by atoms with Crippen LogP contribution in [0.1, 0.15) is 11.1 Å². The standard InChI is InChI=1S/C14H10ClFN2O/c15-12-5-9(7-17)1-2-10(12)8-19-14-6-11(16)3-4-13(14)18/h1-6H,8,18H2. The molecule has 2 N–H and O–H groups in total. The van der Waals surface area contributed by atoms with E-state index in [2.05, 4.69) is 0 Å². The van der Waals surface area contributed by atoms with Crippen LogP contribution in [-0.4, -0.2) is 0 Å². The minimum absolute atomic E-state index is 0.151. The van der Waals surface area contributed by atoms with Gasteiger partial charge in [-0.1, -0.05) is 17.7 Å². The molecule has 3 nitrogen and oxygen atoms in total. The molecule has 0 aliphatic heterocycles. The van der Waals surface area contributed by atoms with Gasteiger partial charge in [0.15, 0.2) is 0 Å². The fourth-order valence-corrected chi connectivity index (χ4v) is 1.76. The number of hydrogen-bond acceptors (Lipinski definition) is 3. The maximum absolute atomic E-state index is 13.1. The van der Waals surface area contributed by atoms with Gasteiger partial charge >= 0.3 is 0 Å².